The number of Topliss-reactive ketones (excluding diaryl/α,β-unsaturated/α-hetero) is 1. The summed E-state index contributed by atoms with van der Waals surface area (Å²) in [5, 5.41) is 3.79. The van der Waals surface area contributed by atoms with E-state index in [-0.39, 0.29) is 36.6 Å². The van der Waals surface area contributed by atoms with Gasteiger partial charge in [-0.1, -0.05) is 73.9 Å². The van der Waals surface area contributed by atoms with E-state index in [1.165, 1.54) is 0 Å². The van der Waals surface area contributed by atoms with Gasteiger partial charge in [0, 0.05) is 24.0 Å². The van der Waals surface area contributed by atoms with Crippen molar-refractivity contribution in [3.05, 3.63) is 76.8 Å². The summed E-state index contributed by atoms with van der Waals surface area (Å²) in [4.78, 5) is 43.7. The largest absolute Gasteiger partial charge is 0.497 e. The van der Waals surface area contributed by atoms with E-state index in [0.29, 0.717) is 16.7 Å². The standard InChI is InChI=1S/C32H35ClN2O5/c1-19-8-3-6-13-24(19)34-30(37)29-32-15-14-26(40-32)27(25(36)17-20-9-7-11-22(16-20)39-2)28(32)31(38)35(29)18-21-10-4-5-12-23(21)33/h4-5,7,9-12,14-16,19,24,26-29H,3,6,8,13,17-18H2,1-2H3,(H,34,37). The fourth-order valence-electron chi connectivity index (χ4n) is 7.21. The summed E-state index contributed by atoms with van der Waals surface area (Å²) < 4.78 is 11.8. The van der Waals surface area contributed by atoms with Crippen LogP contribution in [0.4, 0.5) is 0 Å². The molecule has 0 aromatic heterocycles. The Morgan fingerprint density at radius 1 is 1.15 bits per heavy atom. The van der Waals surface area contributed by atoms with Gasteiger partial charge in [-0.3, -0.25) is 14.4 Å². The summed E-state index contributed by atoms with van der Waals surface area (Å²) in [6, 6.07) is 13.9. The third-order valence-electron chi connectivity index (χ3n) is 9.24. The van der Waals surface area contributed by atoms with Gasteiger partial charge in [0.25, 0.3) is 0 Å². The first kappa shape index (κ1) is 27.0. The van der Waals surface area contributed by atoms with E-state index < -0.39 is 29.6 Å². The van der Waals surface area contributed by atoms with Gasteiger partial charge in [-0.15, -0.1) is 0 Å². The summed E-state index contributed by atoms with van der Waals surface area (Å²) in [6.45, 7) is 2.32. The first-order valence-electron chi connectivity index (χ1n) is 14.2. The van der Waals surface area contributed by atoms with Crippen LogP contribution >= 0.6 is 11.6 Å². The number of nitrogens with zero attached hydrogens (tertiary/aromatic N) is 1. The molecule has 7 unspecified atom stereocenters. The molecule has 3 aliphatic heterocycles. The fraction of sp³-hybridized carbons (Fsp3) is 0.469. The molecule has 1 aliphatic carbocycles. The average Bonchev–Trinajstić information content (AvgIpc) is 3.59. The Balaban J connectivity index is 1.33. The van der Waals surface area contributed by atoms with Crippen molar-refractivity contribution >= 4 is 29.2 Å². The zero-order chi connectivity index (χ0) is 28.0. The molecule has 2 aromatic carbocycles. The lowest BCUT2D eigenvalue weighted by molar-refractivity contribution is -0.142. The number of hydrogen-bond acceptors (Lipinski definition) is 5. The van der Waals surface area contributed by atoms with E-state index in [1.54, 1.807) is 18.1 Å². The van der Waals surface area contributed by atoms with Crippen LogP contribution in [0, 0.1) is 17.8 Å². The van der Waals surface area contributed by atoms with Gasteiger partial charge in [0.2, 0.25) is 11.8 Å². The third-order valence-corrected chi connectivity index (χ3v) is 9.61. The van der Waals surface area contributed by atoms with E-state index in [1.807, 2.05) is 54.6 Å². The van der Waals surface area contributed by atoms with E-state index in [4.69, 9.17) is 21.1 Å². The molecule has 4 aliphatic rings. The number of fused-ring (bicyclic) bond motifs is 1. The summed E-state index contributed by atoms with van der Waals surface area (Å²) in [6.07, 6.45) is 7.52. The first-order chi connectivity index (χ1) is 19.3. The Hall–Kier alpha value is -3.16. The predicted octanol–water partition coefficient (Wildman–Crippen LogP) is 4.51. The molecular weight excluding hydrogens is 528 g/mol. The van der Waals surface area contributed by atoms with Crippen LogP contribution in [0.2, 0.25) is 5.02 Å². The number of ether oxygens (including phenoxy) is 2. The van der Waals surface area contributed by atoms with Crippen molar-refractivity contribution in [1.82, 2.24) is 10.2 Å². The van der Waals surface area contributed by atoms with Crippen molar-refractivity contribution < 1.29 is 23.9 Å². The maximum absolute atomic E-state index is 14.2. The van der Waals surface area contributed by atoms with Gasteiger partial charge in [-0.05, 0) is 48.1 Å². The van der Waals surface area contributed by atoms with Crippen molar-refractivity contribution in [3.8, 4) is 5.75 Å². The van der Waals surface area contributed by atoms with Crippen LogP contribution in [0.1, 0.15) is 43.7 Å². The SMILES string of the molecule is COc1cccc(CC(=O)C2C3C=CC4(O3)C2C(=O)N(Cc2ccccc2Cl)C4C(=O)NC2CCCCC2C)c1. The van der Waals surface area contributed by atoms with Crippen LogP contribution < -0.4 is 10.1 Å². The van der Waals surface area contributed by atoms with Gasteiger partial charge < -0.3 is 19.7 Å². The minimum atomic E-state index is -1.19. The Morgan fingerprint density at radius 2 is 1.95 bits per heavy atom. The second-order valence-corrected chi connectivity index (χ2v) is 12.0. The molecule has 7 nitrogen and oxygen atoms in total. The van der Waals surface area contributed by atoms with E-state index in [2.05, 4.69) is 12.2 Å². The number of methoxy groups -OCH3 is 1. The van der Waals surface area contributed by atoms with Crippen LogP contribution in [-0.2, 0) is 32.1 Å². The number of nitrogens with one attached hydrogen (secondary N) is 1. The zero-order valence-corrected chi connectivity index (χ0v) is 23.6. The molecule has 0 radical (unpaired) electrons. The maximum Gasteiger partial charge on any atom is 0.246 e. The van der Waals surface area contributed by atoms with Crippen LogP contribution in [0.25, 0.3) is 0 Å². The van der Waals surface area contributed by atoms with E-state index in [9.17, 15) is 14.4 Å². The molecule has 2 saturated heterocycles. The van der Waals surface area contributed by atoms with Crippen molar-refractivity contribution in [1.29, 1.82) is 0 Å². The quantitative estimate of drug-likeness (QED) is 0.479. The normalized spacial score (nSPS) is 32.3. The Labute approximate surface area is 239 Å². The van der Waals surface area contributed by atoms with Crippen LogP contribution in [0.3, 0.4) is 0 Å². The van der Waals surface area contributed by atoms with Crippen LogP contribution in [-0.4, -0.2) is 53.4 Å². The number of benzene rings is 2. The van der Waals surface area contributed by atoms with Crippen molar-refractivity contribution in [2.75, 3.05) is 7.11 Å². The molecule has 7 atom stereocenters. The summed E-state index contributed by atoms with van der Waals surface area (Å²) >= 11 is 6.50. The molecule has 8 heteroatoms. The van der Waals surface area contributed by atoms with Crippen molar-refractivity contribution in [3.63, 3.8) is 0 Å². The zero-order valence-electron chi connectivity index (χ0n) is 22.8. The highest BCUT2D eigenvalue weighted by Gasteiger charge is 2.72. The number of amides is 2. The maximum atomic E-state index is 14.2. The first-order valence-corrected chi connectivity index (χ1v) is 14.6. The van der Waals surface area contributed by atoms with Gasteiger partial charge in [-0.25, -0.2) is 0 Å². The lowest BCUT2D eigenvalue weighted by Gasteiger charge is -2.36. The van der Waals surface area contributed by atoms with Crippen molar-refractivity contribution in [2.45, 2.75) is 69.4 Å². The molecule has 6 rings (SSSR count). The lowest BCUT2D eigenvalue weighted by atomic mass is 9.72. The topological polar surface area (TPSA) is 84.9 Å². The molecule has 1 saturated carbocycles. The minimum Gasteiger partial charge on any atom is -0.497 e. The van der Waals surface area contributed by atoms with Crippen LogP contribution in [0.5, 0.6) is 5.75 Å². The molecule has 40 heavy (non-hydrogen) atoms. The molecule has 2 bridgehead atoms. The molecule has 3 heterocycles. The molecule has 1 N–H and O–H groups in total. The monoisotopic (exact) mass is 562 g/mol. The van der Waals surface area contributed by atoms with Crippen LogP contribution in [0.15, 0.2) is 60.7 Å². The molecular formula is C32H35ClN2O5. The van der Waals surface area contributed by atoms with E-state index >= 15 is 0 Å². The number of hydrogen-bond donors (Lipinski definition) is 1. The lowest BCUT2D eigenvalue weighted by Crippen LogP contribution is -2.57. The molecule has 1 spiro atoms. The third kappa shape index (κ3) is 4.53. The molecule has 2 amide bonds. The smallest absolute Gasteiger partial charge is 0.246 e. The van der Waals surface area contributed by atoms with Gasteiger partial charge in [0.05, 0.1) is 25.0 Å². The number of rotatable bonds is 8. The second-order valence-electron chi connectivity index (χ2n) is 11.6. The minimum absolute atomic E-state index is 0.0436. The van der Waals surface area contributed by atoms with Gasteiger partial charge >= 0.3 is 0 Å². The highest BCUT2D eigenvalue weighted by molar-refractivity contribution is 6.31. The second kappa shape index (κ2) is 10.7. The summed E-state index contributed by atoms with van der Waals surface area (Å²) in [7, 11) is 1.59. The van der Waals surface area contributed by atoms with Gasteiger partial charge in [0.1, 0.15) is 23.2 Å². The predicted molar refractivity (Wildman–Crippen MR) is 151 cm³/mol. The molecule has 210 valence electrons. The summed E-state index contributed by atoms with van der Waals surface area (Å²) in [5.41, 5.74) is 0.360. The van der Waals surface area contributed by atoms with E-state index in [0.717, 1.165) is 36.8 Å². The van der Waals surface area contributed by atoms with Crippen molar-refractivity contribution in [2.24, 2.45) is 17.8 Å². The summed E-state index contributed by atoms with van der Waals surface area (Å²) in [5.74, 6) is -0.981. The molecule has 3 fully saturated rings. The molecule has 2 aromatic rings. The number of likely N-dealkylation sites (tertiary alicyclic amines) is 1. The Bertz CT molecular complexity index is 1360. The fourth-order valence-corrected chi connectivity index (χ4v) is 7.41. The Morgan fingerprint density at radius 3 is 2.73 bits per heavy atom. The van der Waals surface area contributed by atoms with Gasteiger partial charge in [-0.2, -0.15) is 0 Å². The Kier molecular flexibility index (Phi) is 7.21. The highest BCUT2D eigenvalue weighted by Crippen LogP contribution is 2.56. The number of ketones is 1. The number of halogens is 1. The highest BCUT2D eigenvalue weighted by atomic mass is 35.5. The number of carbonyl (C=O) groups excluding carboxylic acids is 3. The van der Waals surface area contributed by atoms with Gasteiger partial charge in [0.15, 0.2) is 0 Å². The average molecular weight is 563 g/mol. The number of carbonyl (C=O) groups is 3.